The summed E-state index contributed by atoms with van der Waals surface area (Å²) in [6, 6.07) is 13.9. The van der Waals surface area contributed by atoms with Crippen molar-refractivity contribution in [1.29, 1.82) is 21.2 Å². The van der Waals surface area contributed by atoms with Crippen molar-refractivity contribution >= 4 is 21.6 Å². The van der Waals surface area contributed by atoms with Crippen LogP contribution in [0.15, 0.2) is 40.4 Å². The number of hydrogen-bond donors (Lipinski definition) is 1. The molecule has 0 aromatic heterocycles. The third-order valence-electron chi connectivity index (χ3n) is 5.20. The molecule has 5 nitrogen and oxygen atoms in total. The summed E-state index contributed by atoms with van der Waals surface area (Å²) in [5.41, 5.74) is -0.00716. The zero-order chi connectivity index (χ0) is 18.2. The Morgan fingerprint density at radius 1 is 1.20 bits per heavy atom. The van der Waals surface area contributed by atoms with E-state index in [1.807, 2.05) is 37.4 Å². The first kappa shape index (κ1) is 17.4. The molecule has 3 atom stereocenters. The topological polar surface area (TPSA) is 98.5 Å². The van der Waals surface area contributed by atoms with Gasteiger partial charge in [0.1, 0.15) is 5.92 Å². The minimum Gasteiger partial charge on any atom is -0.305 e. The number of likely N-dealkylation sites (N-methyl/N-ethyl adjacent to an activating group) is 1. The molecular formula is C19H16BrN5. The minimum absolute atomic E-state index is 0.0972. The van der Waals surface area contributed by atoms with Crippen LogP contribution in [0, 0.1) is 56.7 Å². The molecule has 0 spiro atoms. The smallest absolute Gasteiger partial charge is 0.189 e. The summed E-state index contributed by atoms with van der Waals surface area (Å²) in [4.78, 5) is 2.11. The number of rotatable bonds is 1. The molecule has 25 heavy (non-hydrogen) atoms. The summed E-state index contributed by atoms with van der Waals surface area (Å²) in [6.07, 6.45) is 1.99. The van der Waals surface area contributed by atoms with E-state index in [9.17, 15) is 15.8 Å². The lowest BCUT2D eigenvalue weighted by Crippen LogP contribution is -2.52. The van der Waals surface area contributed by atoms with E-state index < -0.39 is 17.3 Å². The number of nitrogens with zero attached hydrogens (tertiary/aromatic N) is 4. The first-order chi connectivity index (χ1) is 12.0. The maximum absolute atomic E-state index is 9.90. The number of fused-ring (bicyclic) bond motifs is 1. The van der Waals surface area contributed by atoms with Crippen LogP contribution in [0.3, 0.4) is 0 Å². The van der Waals surface area contributed by atoms with Crippen molar-refractivity contribution < 1.29 is 0 Å². The number of nitriles is 3. The van der Waals surface area contributed by atoms with E-state index in [2.05, 4.69) is 39.0 Å². The molecule has 1 saturated carbocycles. The fourth-order valence-corrected chi connectivity index (χ4v) is 4.26. The van der Waals surface area contributed by atoms with Crippen LogP contribution in [-0.2, 0) is 0 Å². The van der Waals surface area contributed by atoms with E-state index in [1.54, 1.807) is 0 Å². The van der Waals surface area contributed by atoms with Gasteiger partial charge in [0.25, 0.3) is 0 Å². The molecule has 1 aromatic rings. The summed E-state index contributed by atoms with van der Waals surface area (Å²) in [5, 5.41) is 37.9. The maximum Gasteiger partial charge on any atom is 0.189 e. The first-order valence-electron chi connectivity index (χ1n) is 7.93. The van der Waals surface area contributed by atoms with Gasteiger partial charge >= 0.3 is 0 Å². The lowest BCUT2D eigenvalue weighted by molar-refractivity contribution is 0.235. The fourth-order valence-electron chi connectivity index (χ4n) is 4.00. The summed E-state index contributed by atoms with van der Waals surface area (Å²) < 4.78 is 0.910. The molecule has 1 aliphatic carbocycles. The van der Waals surface area contributed by atoms with Gasteiger partial charge in [0.05, 0.1) is 23.9 Å². The molecule has 1 unspecified atom stereocenters. The van der Waals surface area contributed by atoms with E-state index in [0.717, 1.165) is 15.6 Å². The third kappa shape index (κ3) is 2.57. The van der Waals surface area contributed by atoms with Gasteiger partial charge in [-0.25, -0.2) is 0 Å². The molecule has 1 aromatic carbocycles. The highest BCUT2D eigenvalue weighted by Crippen LogP contribution is 2.53. The third-order valence-corrected chi connectivity index (χ3v) is 5.73. The fraction of sp³-hybridized carbons (Fsp3) is 0.368. The Hall–Kier alpha value is -2.46. The van der Waals surface area contributed by atoms with E-state index >= 15 is 0 Å². The van der Waals surface area contributed by atoms with Crippen molar-refractivity contribution in [2.24, 2.45) is 17.3 Å². The molecule has 0 radical (unpaired) electrons. The van der Waals surface area contributed by atoms with Gasteiger partial charge < -0.3 is 10.3 Å². The second-order valence-electron chi connectivity index (χ2n) is 6.57. The van der Waals surface area contributed by atoms with Crippen molar-refractivity contribution in [2.45, 2.75) is 5.92 Å². The monoisotopic (exact) mass is 393 g/mol. The van der Waals surface area contributed by atoms with Gasteiger partial charge in [0, 0.05) is 29.4 Å². The molecule has 3 rings (SSSR count). The molecule has 124 valence electrons. The summed E-state index contributed by atoms with van der Waals surface area (Å²) in [5.74, 6) is -1.41. The molecule has 2 aliphatic rings. The molecular weight excluding hydrogens is 378 g/mol. The van der Waals surface area contributed by atoms with E-state index in [4.69, 9.17) is 5.41 Å². The SMILES string of the molecule is CN1CC=C2C(C#N)C(=N)C(C#N)(C#N)[C@@H](c3ccc(Br)cc3)[C@@H]2C1. The molecule has 1 N–H and O–H groups in total. The van der Waals surface area contributed by atoms with E-state index in [0.29, 0.717) is 13.1 Å². The van der Waals surface area contributed by atoms with Gasteiger partial charge in [-0.15, -0.1) is 0 Å². The number of halogens is 1. The van der Waals surface area contributed by atoms with Gasteiger partial charge in [-0.1, -0.05) is 34.1 Å². The first-order valence-corrected chi connectivity index (χ1v) is 8.72. The Bertz CT molecular complexity index is 851. The molecule has 0 bridgehead atoms. The molecule has 0 saturated heterocycles. The second kappa shape index (κ2) is 6.45. The lowest BCUT2D eigenvalue weighted by atomic mass is 9.54. The van der Waals surface area contributed by atoms with Gasteiger partial charge in [0.15, 0.2) is 5.41 Å². The van der Waals surface area contributed by atoms with Crippen LogP contribution in [0.25, 0.3) is 0 Å². The van der Waals surface area contributed by atoms with Gasteiger partial charge in [-0.05, 0) is 30.3 Å². The van der Waals surface area contributed by atoms with Crippen LogP contribution < -0.4 is 0 Å². The van der Waals surface area contributed by atoms with Crippen molar-refractivity contribution in [3.8, 4) is 18.2 Å². The van der Waals surface area contributed by atoms with Crippen LogP contribution in [0.1, 0.15) is 11.5 Å². The van der Waals surface area contributed by atoms with Crippen LogP contribution in [0.2, 0.25) is 0 Å². The quantitative estimate of drug-likeness (QED) is 0.740. The zero-order valence-electron chi connectivity index (χ0n) is 13.7. The van der Waals surface area contributed by atoms with Crippen molar-refractivity contribution in [2.75, 3.05) is 20.1 Å². The molecule has 1 aliphatic heterocycles. The normalized spacial score (nSPS) is 28.0. The number of benzene rings is 1. The second-order valence-corrected chi connectivity index (χ2v) is 7.48. The highest BCUT2D eigenvalue weighted by molar-refractivity contribution is 9.10. The standard InChI is InChI=1S/C19H16BrN5/c1-25-7-6-14-15(8-21)18(24)19(10-22,11-23)17(16(14)9-25)12-2-4-13(20)5-3-12/h2-6,15-17,24H,7,9H2,1H3/t15?,16-,17+/m1/s1. The Morgan fingerprint density at radius 3 is 2.40 bits per heavy atom. The minimum atomic E-state index is -1.63. The van der Waals surface area contributed by atoms with Crippen molar-refractivity contribution in [3.05, 3.63) is 46.0 Å². The molecule has 1 fully saturated rings. The number of hydrogen-bond acceptors (Lipinski definition) is 5. The molecule has 0 amide bonds. The molecule has 1 heterocycles. The van der Waals surface area contributed by atoms with E-state index in [-0.39, 0.29) is 11.6 Å². The van der Waals surface area contributed by atoms with Gasteiger partial charge in [0.2, 0.25) is 0 Å². The lowest BCUT2D eigenvalue weighted by Gasteiger charge is -2.47. The van der Waals surface area contributed by atoms with Crippen LogP contribution >= 0.6 is 15.9 Å². The molecule has 6 heteroatoms. The average molecular weight is 394 g/mol. The van der Waals surface area contributed by atoms with Crippen molar-refractivity contribution in [1.82, 2.24) is 4.90 Å². The van der Waals surface area contributed by atoms with Crippen LogP contribution in [0.5, 0.6) is 0 Å². The Morgan fingerprint density at radius 2 is 1.84 bits per heavy atom. The Labute approximate surface area is 155 Å². The summed E-state index contributed by atoms with van der Waals surface area (Å²) >= 11 is 3.41. The van der Waals surface area contributed by atoms with Crippen LogP contribution in [-0.4, -0.2) is 30.7 Å². The maximum atomic E-state index is 9.90. The van der Waals surface area contributed by atoms with Crippen LogP contribution in [0.4, 0.5) is 0 Å². The number of nitrogens with one attached hydrogen (secondary N) is 1. The summed E-state index contributed by atoms with van der Waals surface area (Å²) in [7, 11) is 1.98. The average Bonchev–Trinajstić information content (AvgIpc) is 2.62. The summed E-state index contributed by atoms with van der Waals surface area (Å²) in [6.45, 7) is 1.36. The van der Waals surface area contributed by atoms with Crippen molar-refractivity contribution in [3.63, 3.8) is 0 Å². The highest BCUT2D eigenvalue weighted by Gasteiger charge is 2.57. The van der Waals surface area contributed by atoms with E-state index in [1.165, 1.54) is 0 Å². The largest absolute Gasteiger partial charge is 0.305 e. The highest BCUT2D eigenvalue weighted by atomic mass is 79.9. The Balaban J connectivity index is 2.25. The zero-order valence-corrected chi connectivity index (χ0v) is 15.3. The van der Waals surface area contributed by atoms with Gasteiger partial charge in [-0.3, -0.25) is 0 Å². The predicted molar refractivity (Wildman–Crippen MR) is 96.4 cm³/mol. The predicted octanol–water partition coefficient (Wildman–Crippen LogP) is 3.23. The van der Waals surface area contributed by atoms with Gasteiger partial charge in [-0.2, -0.15) is 15.8 Å². The Kier molecular flexibility index (Phi) is 4.48.